The Hall–Kier alpha value is -1.22. The average Bonchev–Trinajstić information content (AvgIpc) is 2.23. The topological polar surface area (TPSA) is 46.5 Å². The Kier molecular flexibility index (Phi) is 4.04. The second kappa shape index (κ2) is 4.96. The highest BCUT2D eigenvalue weighted by molar-refractivity contribution is 6.32. The minimum Gasteiger partial charge on any atom is -0.497 e. The number of aryl methyl sites for hydroxylation is 1. The number of methoxy groups -OCH3 is 1. The Bertz CT molecular complexity index is 439. The summed E-state index contributed by atoms with van der Waals surface area (Å²) in [7, 11) is 1.58. The van der Waals surface area contributed by atoms with Crippen LogP contribution >= 0.6 is 11.6 Å². The van der Waals surface area contributed by atoms with Crippen molar-refractivity contribution < 1.29 is 14.6 Å². The number of hydrogen-bond donors (Lipinski definition) is 1. The first-order chi connectivity index (χ1) is 7.77. The minimum absolute atomic E-state index is 0.374. The van der Waals surface area contributed by atoms with Crippen molar-refractivity contribution in [3.63, 3.8) is 0 Å². The molecule has 0 heterocycles. The van der Waals surface area contributed by atoms with Gasteiger partial charge in [0.25, 0.3) is 0 Å². The lowest BCUT2D eigenvalue weighted by Gasteiger charge is -2.20. The zero-order valence-electron chi connectivity index (χ0n) is 10.5. The number of carbonyl (C=O) groups is 1. The second-order valence-electron chi connectivity index (χ2n) is 4.78. The Morgan fingerprint density at radius 1 is 1.47 bits per heavy atom. The molecule has 0 spiro atoms. The number of rotatable bonds is 4. The third-order valence-electron chi connectivity index (χ3n) is 2.75. The predicted octanol–water partition coefficient (Wildman–Crippen LogP) is 3.31. The third-order valence-corrected chi connectivity index (χ3v) is 3.29. The molecule has 0 aliphatic carbocycles. The zero-order valence-corrected chi connectivity index (χ0v) is 11.3. The first-order valence-corrected chi connectivity index (χ1v) is 5.72. The van der Waals surface area contributed by atoms with Crippen LogP contribution in [0.5, 0.6) is 5.75 Å². The molecule has 0 aromatic heterocycles. The first kappa shape index (κ1) is 13.8. The van der Waals surface area contributed by atoms with Crippen molar-refractivity contribution in [2.75, 3.05) is 7.11 Å². The van der Waals surface area contributed by atoms with E-state index in [0.717, 1.165) is 11.1 Å². The second-order valence-corrected chi connectivity index (χ2v) is 5.16. The molecule has 0 amide bonds. The fraction of sp³-hybridized carbons (Fsp3) is 0.462. The van der Waals surface area contributed by atoms with Crippen molar-refractivity contribution in [2.24, 2.45) is 5.41 Å². The SMILES string of the molecule is COc1cc(C)c(Cl)c(CC(C)(C)C(=O)O)c1. The van der Waals surface area contributed by atoms with Crippen molar-refractivity contribution in [3.8, 4) is 5.75 Å². The van der Waals surface area contributed by atoms with Gasteiger partial charge in [-0.15, -0.1) is 0 Å². The summed E-state index contributed by atoms with van der Waals surface area (Å²) in [4.78, 5) is 11.1. The van der Waals surface area contributed by atoms with Gasteiger partial charge in [0.05, 0.1) is 12.5 Å². The molecule has 0 saturated heterocycles. The molecule has 1 N–H and O–H groups in total. The number of ether oxygens (including phenoxy) is 1. The van der Waals surface area contributed by atoms with Crippen LogP contribution in [-0.2, 0) is 11.2 Å². The van der Waals surface area contributed by atoms with E-state index in [2.05, 4.69) is 0 Å². The molecule has 0 aliphatic rings. The van der Waals surface area contributed by atoms with Gasteiger partial charge in [-0.05, 0) is 50.5 Å². The monoisotopic (exact) mass is 256 g/mol. The van der Waals surface area contributed by atoms with Gasteiger partial charge in [-0.3, -0.25) is 4.79 Å². The summed E-state index contributed by atoms with van der Waals surface area (Å²) >= 11 is 6.18. The Balaban J connectivity index is 3.14. The van der Waals surface area contributed by atoms with Crippen LogP contribution in [-0.4, -0.2) is 18.2 Å². The van der Waals surface area contributed by atoms with Crippen molar-refractivity contribution in [1.29, 1.82) is 0 Å². The van der Waals surface area contributed by atoms with E-state index < -0.39 is 11.4 Å². The van der Waals surface area contributed by atoms with Gasteiger partial charge in [0.2, 0.25) is 0 Å². The van der Waals surface area contributed by atoms with Gasteiger partial charge in [-0.25, -0.2) is 0 Å². The van der Waals surface area contributed by atoms with Crippen LogP contribution in [0.3, 0.4) is 0 Å². The molecular weight excluding hydrogens is 240 g/mol. The molecule has 0 aliphatic heterocycles. The summed E-state index contributed by atoms with van der Waals surface area (Å²) in [6.45, 7) is 5.24. The smallest absolute Gasteiger partial charge is 0.309 e. The molecule has 17 heavy (non-hydrogen) atoms. The molecule has 4 heteroatoms. The van der Waals surface area contributed by atoms with E-state index in [1.165, 1.54) is 0 Å². The van der Waals surface area contributed by atoms with Crippen molar-refractivity contribution >= 4 is 17.6 Å². The molecule has 1 rings (SSSR count). The maximum atomic E-state index is 11.1. The molecule has 1 aromatic rings. The van der Waals surface area contributed by atoms with Gasteiger partial charge in [-0.2, -0.15) is 0 Å². The van der Waals surface area contributed by atoms with Gasteiger partial charge in [0, 0.05) is 5.02 Å². The van der Waals surface area contributed by atoms with E-state index in [1.54, 1.807) is 27.0 Å². The molecule has 94 valence electrons. The van der Waals surface area contributed by atoms with E-state index in [-0.39, 0.29) is 0 Å². The third kappa shape index (κ3) is 3.13. The lowest BCUT2D eigenvalue weighted by atomic mass is 9.85. The van der Waals surface area contributed by atoms with Gasteiger partial charge >= 0.3 is 5.97 Å². The molecule has 0 bridgehead atoms. The molecule has 0 unspecified atom stereocenters. The van der Waals surface area contributed by atoms with E-state index >= 15 is 0 Å². The van der Waals surface area contributed by atoms with Crippen LogP contribution in [0.15, 0.2) is 12.1 Å². The molecule has 0 radical (unpaired) electrons. The summed E-state index contributed by atoms with van der Waals surface area (Å²) in [5, 5.41) is 9.73. The quantitative estimate of drug-likeness (QED) is 0.899. The Morgan fingerprint density at radius 2 is 2.06 bits per heavy atom. The maximum absolute atomic E-state index is 11.1. The van der Waals surface area contributed by atoms with Gasteiger partial charge in [0.15, 0.2) is 0 Å². The van der Waals surface area contributed by atoms with Crippen LogP contribution in [0.25, 0.3) is 0 Å². The molecule has 0 atom stereocenters. The van der Waals surface area contributed by atoms with Crippen LogP contribution in [0.1, 0.15) is 25.0 Å². The number of hydrogen-bond acceptors (Lipinski definition) is 2. The van der Waals surface area contributed by atoms with Crippen molar-refractivity contribution in [3.05, 3.63) is 28.3 Å². The number of carboxylic acid groups (broad SMARTS) is 1. The van der Waals surface area contributed by atoms with E-state index in [4.69, 9.17) is 21.4 Å². The van der Waals surface area contributed by atoms with E-state index in [9.17, 15) is 4.79 Å². The molecule has 0 saturated carbocycles. The Morgan fingerprint density at radius 3 is 2.53 bits per heavy atom. The lowest BCUT2D eigenvalue weighted by Crippen LogP contribution is -2.26. The summed E-state index contributed by atoms with van der Waals surface area (Å²) in [5.41, 5.74) is 0.848. The van der Waals surface area contributed by atoms with Crippen LogP contribution in [0.4, 0.5) is 0 Å². The normalized spacial score (nSPS) is 11.4. The molecule has 0 fully saturated rings. The number of benzene rings is 1. The van der Waals surface area contributed by atoms with Crippen LogP contribution < -0.4 is 4.74 Å². The molecule has 1 aromatic carbocycles. The standard InChI is InChI=1S/C13H17ClO3/c1-8-5-10(17-4)6-9(11(8)14)7-13(2,3)12(15)16/h5-6H,7H2,1-4H3,(H,15,16). The highest BCUT2D eigenvalue weighted by atomic mass is 35.5. The predicted molar refractivity (Wildman–Crippen MR) is 67.9 cm³/mol. The summed E-state index contributed by atoms with van der Waals surface area (Å²) in [5.74, 6) is -0.142. The maximum Gasteiger partial charge on any atom is 0.309 e. The average molecular weight is 257 g/mol. The van der Waals surface area contributed by atoms with Crippen molar-refractivity contribution in [1.82, 2.24) is 0 Å². The van der Waals surface area contributed by atoms with E-state index in [1.807, 2.05) is 13.0 Å². The molecular formula is C13H17ClO3. The zero-order chi connectivity index (χ0) is 13.2. The minimum atomic E-state index is -0.845. The van der Waals surface area contributed by atoms with Crippen LogP contribution in [0, 0.1) is 12.3 Å². The number of halogens is 1. The fourth-order valence-corrected chi connectivity index (χ4v) is 1.78. The summed E-state index contributed by atoms with van der Waals surface area (Å²) in [6.07, 6.45) is 0.374. The van der Waals surface area contributed by atoms with E-state index in [0.29, 0.717) is 17.2 Å². The van der Waals surface area contributed by atoms with Crippen LogP contribution in [0.2, 0.25) is 5.02 Å². The summed E-state index contributed by atoms with van der Waals surface area (Å²) < 4.78 is 5.16. The fourth-order valence-electron chi connectivity index (χ4n) is 1.60. The number of aliphatic carboxylic acids is 1. The van der Waals surface area contributed by atoms with Gasteiger partial charge < -0.3 is 9.84 Å². The van der Waals surface area contributed by atoms with Gasteiger partial charge in [-0.1, -0.05) is 11.6 Å². The van der Waals surface area contributed by atoms with Crippen molar-refractivity contribution in [2.45, 2.75) is 27.2 Å². The largest absolute Gasteiger partial charge is 0.497 e. The first-order valence-electron chi connectivity index (χ1n) is 5.34. The summed E-state index contributed by atoms with van der Waals surface area (Å²) in [6, 6.07) is 3.62. The Labute approximate surface area is 106 Å². The molecule has 3 nitrogen and oxygen atoms in total. The highest BCUT2D eigenvalue weighted by Gasteiger charge is 2.28. The highest BCUT2D eigenvalue weighted by Crippen LogP contribution is 2.32. The van der Waals surface area contributed by atoms with Gasteiger partial charge in [0.1, 0.15) is 5.75 Å². The lowest BCUT2D eigenvalue weighted by molar-refractivity contribution is -0.146. The number of carboxylic acids is 1.